The highest BCUT2D eigenvalue weighted by Crippen LogP contribution is 2.25. The lowest BCUT2D eigenvalue weighted by Gasteiger charge is -2.26. The third-order valence-corrected chi connectivity index (χ3v) is 5.23. The van der Waals surface area contributed by atoms with E-state index in [1.54, 1.807) is 0 Å². The highest BCUT2D eigenvalue weighted by Gasteiger charge is 2.18. The molecular formula is C21H25N3. The molecule has 0 radical (unpaired) electrons. The highest BCUT2D eigenvalue weighted by atomic mass is 15.0. The molecule has 1 fully saturated rings. The number of para-hydroxylation sites is 1. The molecule has 24 heavy (non-hydrogen) atoms. The third-order valence-electron chi connectivity index (χ3n) is 5.23. The number of aromatic nitrogens is 1. The predicted octanol–water partition coefficient (Wildman–Crippen LogP) is 4.56. The minimum absolute atomic E-state index is 0.428. The first-order valence-corrected chi connectivity index (χ1v) is 8.95. The Morgan fingerprint density at radius 1 is 0.917 bits per heavy atom. The molecule has 0 unspecified atom stereocenters. The molecular weight excluding hydrogens is 294 g/mol. The van der Waals surface area contributed by atoms with Crippen LogP contribution in [0.15, 0.2) is 60.8 Å². The van der Waals surface area contributed by atoms with Gasteiger partial charge in [-0.05, 0) is 73.4 Å². The molecule has 124 valence electrons. The fourth-order valence-electron chi connectivity index (χ4n) is 3.70. The summed E-state index contributed by atoms with van der Waals surface area (Å²) in [6, 6.07) is 19.8. The summed E-state index contributed by atoms with van der Waals surface area (Å²) in [6.07, 6.45) is 6.99. The van der Waals surface area contributed by atoms with E-state index in [0.29, 0.717) is 6.04 Å². The van der Waals surface area contributed by atoms with Crippen molar-refractivity contribution in [2.45, 2.75) is 31.7 Å². The van der Waals surface area contributed by atoms with Crippen LogP contribution in [0.5, 0.6) is 0 Å². The van der Waals surface area contributed by atoms with Gasteiger partial charge in [-0.1, -0.05) is 18.2 Å². The quantitative estimate of drug-likeness (QED) is 0.740. The van der Waals surface area contributed by atoms with Gasteiger partial charge in [0.15, 0.2) is 0 Å². The van der Waals surface area contributed by atoms with Crippen LogP contribution in [0.2, 0.25) is 0 Å². The molecule has 1 aliphatic rings. The summed E-state index contributed by atoms with van der Waals surface area (Å²) in [7, 11) is 0. The maximum Gasteiger partial charge on any atom is 0.0528 e. The molecule has 3 N–H and O–H groups in total. The minimum Gasteiger partial charge on any atom is -0.385 e. The minimum atomic E-state index is 0.428. The van der Waals surface area contributed by atoms with Crippen molar-refractivity contribution >= 4 is 16.6 Å². The predicted molar refractivity (Wildman–Crippen MR) is 102 cm³/mol. The van der Waals surface area contributed by atoms with E-state index in [4.69, 9.17) is 5.73 Å². The van der Waals surface area contributed by atoms with Crippen molar-refractivity contribution in [2.24, 2.45) is 11.7 Å². The smallest absolute Gasteiger partial charge is 0.0528 e. The van der Waals surface area contributed by atoms with Crippen LogP contribution in [0.4, 0.5) is 5.69 Å². The van der Waals surface area contributed by atoms with Gasteiger partial charge in [-0.25, -0.2) is 0 Å². The van der Waals surface area contributed by atoms with E-state index in [9.17, 15) is 0 Å². The van der Waals surface area contributed by atoms with E-state index in [-0.39, 0.29) is 0 Å². The molecule has 0 spiro atoms. The van der Waals surface area contributed by atoms with E-state index in [2.05, 4.69) is 70.7 Å². The van der Waals surface area contributed by atoms with Crippen LogP contribution in [0.1, 0.15) is 25.7 Å². The van der Waals surface area contributed by atoms with Gasteiger partial charge >= 0.3 is 0 Å². The lowest BCUT2D eigenvalue weighted by molar-refractivity contribution is 0.339. The van der Waals surface area contributed by atoms with Crippen LogP contribution in [0.3, 0.4) is 0 Å². The summed E-state index contributed by atoms with van der Waals surface area (Å²) < 4.78 is 2.24. The van der Waals surface area contributed by atoms with Crippen LogP contribution in [0, 0.1) is 5.92 Å². The molecule has 1 aromatic heterocycles. The molecule has 4 rings (SSSR count). The second-order valence-electron chi connectivity index (χ2n) is 6.95. The number of nitrogens with zero attached hydrogens (tertiary/aromatic N) is 1. The van der Waals surface area contributed by atoms with Crippen molar-refractivity contribution in [3.05, 3.63) is 60.8 Å². The Morgan fingerprint density at radius 2 is 1.67 bits per heavy atom. The molecule has 0 aliphatic heterocycles. The fourth-order valence-corrected chi connectivity index (χ4v) is 3.70. The van der Waals surface area contributed by atoms with Crippen molar-refractivity contribution in [3.8, 4) is 5.69 Å². The molecule has 0 saturated heterocycles. The van der Waals surface area contributed by atoms with Crippen LogP contribution in [-0.4, -0.2) is 17.2 Å². The first-order chi connectivity index (χ1) is 11.8. The lowest BCUT2D eigenvalue weighted by atomic mass is 9.86. The van der Waals surface area contributed by atoms with Crippen molar-refractivity contribution in [2.75, 3.05) is 11.9 Å². The number of hydrogen-bond donors (Lipinski definition) is 2. The van der Waals surface area contributed by atoms with Gasteiger partial charge in [-0.2, -0.15) is 0 Å². The number of benzene rings is 2. The number of rotatable bonds is 4. The Balaban J connectivity index is 1.43. The average Bonchev–Trinajstić information content (AvgIpc) is 3.06. The van der Waals surface area contributed by atoms with E-state index >= 15 is 0 Å². The normalized spacial score (nSPS) is 21.0. The van der Waals surface area contributed by atoms with E-state index in [0.717, 1.165) is 12.5 Å². The van der Waals surface area contributed by atoms with Gasteiger partial charge in [0.05, 0.1) is 5.52 Å². The van der Waals surface area contributed by atoms with E-state index < -0.39 is 0 Å². The van der Waals surface area contributed by atoms with Crippen molar-refractivity contribution in [1.82, 2.24) is 4.57 Å². The summed E-state index contributed by atoms with van der Waals surface area (Å²) >= 11 is 0. The second-order valence-corrected chi connectivity index (χ2v) is 6.95. The standard InChI is InChI=1S/C21H25N3/c22-18-7-5-16(6-8-18)15-23-19-9-11-20(12-10-19)24-14-13-17-3-1-2-4-21(17)24/h1-4,9-14,16,18,23H,5-8,15,22H2/t16-,18-. The molecule has 1 saturated carbocycles. The average molecular weight is 319 g/mol. The molecule has 0 amide bonds. The molecule has 3 nitrogen and oxygen atoms in total. The van der Waals surface area contributed by atoms with Gasteiger partial charge in [0, 0.05) is 30.2 Å². The fraction of sp³-hybridized carbons (Fsp3) is 0.333. The summed E-state index contributed by atoms with van der Waals surface area (Å²) in [5.41, 5.74) is 9.63. The summed E-state index contributed by atoms with van der Waals surface area (Å²) in [4.78, 5) is 0. The Bertz CT molecular complexity index is 795. The van der Waals surface area contributed by atoms with Crippen LogP contribution in [0.25, 0.3) is 16.6 Å². The van der Waals surface area contributed by atoms with Crippen molar-refractivity contribution in [3.63, 3.8) is 0 Å². The molecule has 0 bridgehead atoms. The van der Waals surface area contributed by atoms with Gasteiger partial charge in [0.2, 0.25) is 0 Å². The zero-order valence-corrected chi connectivity index (χ0v) is 14.0. The second kappa shape index (κ2) is 6.70. The maximum absolute atomic E-state index is 5.98. The largest absolute Gasteiger partial charge is 0.385 e. The highest BCUT2D eigenvalue weighted by molar-refractivity contribution is 5.81. The summed E-state index contributed by atoms with van der Waals surface area (Å²) in [5.74, 6) is 0.762. The molecule has 2 aromatic carbocycles. The van der Waals surface area contributed by atoms with E-state index in [1.165, 1.54) is 48.0 Å². The SMILES string of the molecule is N[C@H]1CC[C@H](CNc2ccc(-n3ccc4ccccc43)cc2)CC1. The van der Waals surface area contributed by atoms with E-state index in [1.807, 2.05) is 0 Å². The first kappa shape index (κ1) is 15.3. The third kappa shape index (κ3) is 3.17. The Labute approximate surface area is 143 Å². The molecule has 3 heteroatoms. The zero-order valence-electron chi connectivity index (χ0n) is 14.0. The number of anilines is 1. The van der Waals surface area contributed by atoms with Crippen molar-refractivity contribution < 1.29 is 0 Å². The number of hydrogen-bond acceptors (Lipinski definition) is 2. The van der Waals surface area contributed by atoms with Gasteiger partial charge < -0.3 is 15.6 Å². The molecule has 3 aromatic rings. The monoisotopic (exact) mass is 319 g/mol. The maximum atomic E-state index is 5.98. The Morgan fingerprint density at radius 3 is 2.46 bits per heavy atom. The molecule has 1 heterocycles. The number of nitrogens with one attached hydrogen (secondary N) is 1. The molecule has 0 atom stereocenters. The van der Waals surface area contributed by atoms with Gasteiger partial charge in [-0.15, -0.1) is 0 Å². The Kier molecular flexibility index (Phi) is 4.26. The molecule has 1 aliphatic carbocycles. The van der Waals surface area contributed by atoms with Crippen LogP contribution >= 0.6 is 0 Å². The van der Waals surface area contributed by atoms with Gasteiger partial charge in [0.25, 0.3) is 0 Å². The lowest BCUT2D eigenvalue weighted by Crippen LogP contribution is -2.29. The van der Waals surface area contributed by atoms with Gasteiger partial charge in [-0.3, -0.25) is 0 Å². The summed E-state index contributed by atoms with van der Waals surface area (Å²) in [5, 5.41) is 4.86. The van der Waals surface area contributed by atoms with Gasteiger partial charge in [0.1, 0.15) is 0 Å². The van der Waals surface area contributed by atoms with Crippen LogP contribution in [-0.2, 0) is 0 Å². The Hall–Kier alpha value is -2.26. The number of fused-ring (bicyclic) bond motifs is 1. The van der Waals surface area contributed by atoms with Crippen molar-refractivity contribution in [1.29, 1.82) is 0 Å². The first-order valence-electron chi connectivity index (χ1n) is 8.95. The van der Waals surface area contributed by atoms with Crippen LogP contribution < -0.4 is 11.1 Å². The number of nitrogens with two attached hydrogens (primary N) is 1. The topological polar surface area (TPSA) is 43.0 Å². The summed E-state index contributed by atoms with van der Waals surface area (Å²) in [6.45, 7) is 1.05. The zero-order chi connectivity index (χ0) is 16.4.